The fourth-order valence-corrected chi connectivity index (χ4v) is 6.33. The van der Waals surface area contributed by atoms with Crippen LogP contribution in [0.5, 0.6) is 5.75 Å². The molecule has 39 heavy (non-hydrogen) atoms. The zero-order valence-electron chi connectivity index (χ0n) is 22.7. The predicted octanol–water partition coefficient (Wildman–Crippen LogP) is 4.85. The molecule has 3 heterocycles. The maximum atomic E-state index is 13.9. The number of furan rings is 1. The molecule has 1 aliphatic carbocycles. The molecule has 0 unspecified atom stereocenters. The van der Waals surface area contributed by atoms with Gasteiger partial charge in [-0.25, -0.2) is 4.79 Å². The molecule has 3 aromatic rings. The number of likely N-dealkylation sites (tertiary alicyclic amines) is 1. The van der Waals surface area contributed by atoms with Crippen LogP contribution in [0.25, 0.3) is 17.0 Å². The lowest BCUT2D eigenvalue weighted by molar-refractivity contribution is -0.136. The fraction of sp³-hybridized carbons (Fsp3) is 0.419. The number of para-hydroxylation sites is 1. The number of methoxy groups -OCH3 is 2. The Bertz CT molecular complexity index is 1420. The number of aryl methyl sites for hydroxylation is 1. The van der Waals surface area contributed by atoms with Crippen LogP contribution >= 0.6 is 0 Å². The molecule has 0 N–H and O–H groups in total. The number of imide groups is 1. The topological polar surface area (TPSA) is 75.5 Å². The van der Waals surface area contributed by atoms with Gasteiger partial charge in [0.2, 0.25) is 0 Å². The van der Waals surface area contributed by atoms with Gasteiger partial charge in [0.25, 0.3) is 5.91 Å². The lowest BCUT2D eigenvalue weighted by Crippen LogP contribution is -2.57. The number of amides is 3. The number of nitrogens with zero attached hydrogens (tertiary/aromatic N) is 3. The summed E-state index contributed by atoms with van der Waals surface area (Å²) < 4.78 is 17.0. The number of hydrogen-bond donors (Lipinski definition) is 0. The van der Waals surface area contributed by atoms with Crippen molar-refractivity contribution in [1.82, 2.24) is 14.7 Å². The van der Waals surface area contributed by atoms with Crippen molar-refractivity contribution in [3.63, 3.8) is 0 Å². The van der Waals surface area contributed by atoms with E-state index in [2.05, 4.69) is 35.3 Å². The van der Waals surface area contributed by atoms with E-state index in [1.807, 2.05) is 24.3 Å². The maximum Gasteiger partial charge on any atom is 0.328 e. The number of ether oxygens (including phenoxy) is 2. The second kappa shape index (κ2) is 10.5. The van der Waals surface area contributed by atoms with E-state index in [1.165, 1.54) is 15.8 Å². The number of urea groups is 1. The van der Waals surface area contributed by atoms with Crippen LogP contribution in [-0.4, -0.2) is 72.6 Å². The second-order valence-electron chi connectivity index (χ2n) is 10.7. The Morgan fingerprint density at radius 1 is 1.03 bits per heavy atom. The number of carbonyl (C=O) groups is 2. The van der Waals surface area contributed by atoms with Gasteiger partial charge in [-0.15, -0.1) is 0 Å². The van der Waals surface area contributed by atoms with Crippen molar-refractivity contribution in [2.24, 2.45) is 0 Å². The SMILES string of the molecule is COCCN1C(=O)N(Cc2cccc(OC)c2)C(=O)C12CCN(Cc1cccc3c4c(oc13)CCC=C4)CC2. The van der Waals surface area contributed by atoms with E-state index in [4.69, 9.17) is 13.9 Å². The predicted molar refractivity (Wildman–Crippen MR) is 148 cm³/mol. The van der Waals surface area contributed by atoms with Crippen molar-refractivity contribution in [3.8, 4) is 5.75 Å². The van der Waals surface area contributed by atoms with Crippen LogP contribution in [0.15, 0.2) is 53.0 Å². The summed E-state index contributed by atoms with van der Waals surface area (Å²) in [4.78, 5) is 33.0. The van der Waals surface area contributed by atoms with E-state index < -0.39 is 5.54 Å². The van der Waals surface area contributed by atoms with Gasteiger partial charge in [-0.3, -0.25) is 14.6 Å². The number of allylic oxidation sites excluding steroid dienone is 1. The summed E-state index contributed by atoms with van der Waals surface area (Å²) in [6, 6.07) is 13.6. The minimum atomic E-state index is -0.842. The Kier molecular flexibility index (Phi) is 6.91. The quantitative estimate of drug-likeness (QED) is 0.389. The minimum absolute atomic E-state index is 0.112. The van der Waals surface area contributed by atoms with Crippen LogP contribution in [0.4, 0.5) is 4.79 Å². The van der Waals surface area contributed by atoms with E-state index >= 15 is 0 Å². The molecule has 0 radical (unpaired) electrons. The van der Waals surface area contributed by atoms with Gasteiger partial charge < -0.3 is 18.8 Å². The fourth-order valence-electron chi connectivity index (χ4n) is 6.33. The average Bonchev–Trinajstić information content (AvgIpc) is 3.43. The highest BCUT2D eigenvalue weighted by molar-refractivity contribution is 6.07. The lowest BCUT2D eigenvalue weighted by Gasteiger charge is -2.42. The third-order valence-electron chi connectivity index (χ3n) is 8.43. The Labute approximate surface area is 228 Å². The molecular formula is C31H35N3O5. The monoisotopic (exact) mass is 529 g/mol. The van der Waals surface area contributed by atoms with Crippen LogP contribution in [0.1, 0.15) is 41.7 Å². The van der Waals surface area contributed by atoms with Crippen molar-refractivity contribution >= 4 is 29.0 Å². The first-order valence-electron chi connectivity index (χ1n) is 13.7. The highest BCUT2D eigenvalue weighted by Crippen LogP contribution is 2.39. The molecule has 3 aliphatic rings. The van der Waals surface area contributed by atoms with Crippen molar-refractivity contribution in [2.45, 2.75) is 44.3 Å². The molecule has 0 saturated carbocycles. The largest absolute Gasteiger partial charge is 0.497 e. The van der Waals surface area contributed by atoms with E-state index in [0.29, 0.717) is 44.8 Å². The molecule has 1 aromatic heterocycles. The van der Waals surface area contributed by atoms with Crippen molar-refractivity contribution in [3.05, 3.63) is 71.0 Å². The number of rotatable bonds is 8. The summed E-state index contributed by atoms with van der Waals surface area (Å²) >= 11 is 0. The molecule has 2 aliphatic heterocycles. The van der Waals surface area contributed by atoms with E-state index in [9.17, 15) is 9.59 Å². The third kappa shape index (κ3) is 4.51. The smallest absolute Gasteiger partial charge is 0.328 e. The molecule has 204 valence electrons. The van der Waals surface area contributed by atoms with Gasteiger partial charge in [-0.1, -0.05) is 42.5 Å². The number of benzene rings is 2. The van der Waals surface area contributed by atoms with E-state index in [-0.39, 0.29) is 18.5 Å². The molecule has 6 rings (SSSR count). The molecule has 1 spiro atoms. The van der Waals surface area contributed by atoms with Gasteiger partial charge in [0.1, 0.15) is 22.6 Å². The first kappa shape index (κ1) is 25.6. The minimum Gasteiger partial charge on any atom is -0.497 e. The highest BCUT2D eigenvalue weighted by Gasteiger charge is 2.57. The molecule has 2 fully saturated rings. The number of fused-ring (bicyclic) bond motifs is 3. The molecule has 8 heteroatoms. The normalized spacial score (nSPS) is 18.9. The van der Waals surface area contributed by atoms with Crippen LogP contribution in [-0.2, 0) is 29.0 Å². The Morgan fingerprint density at radius 2 is 1.85 bits per heavy atom. The summed E-state index contributed by atoms with van der Waals surface area (Å²) in [5.41, 5.74) is 3.35. The van der Waals surface area contributed by atoms with Gasteiger partial charge in [0, 0.05) is 56.2 Å². The van der Waals surface area contributed by atoms with Gasteiger partial charge in [0.15, 0.2) is 0 Å². The Balaban J connectivity index is 1.21. The van der Waals surface area contributed by atoms with Crippen LogP contribution in [0, 0.1) is 0 Å². The standard InChI is InChI=1S/C31H35N3O5/c1-37-18-17-34-30(36)33(20-22-7-5-9-24(19-22)38-2)29(35)31(34)13-15-32(16-14-31)21-23-8-6-11-26-25-10-3-4-12-27(25)39-28(23)26/h3,5-11,19H,4,12-18,20-21H2,1-2H3. The average molecular weight is 530 g/mol. The highest BCUT2D eigenvalue weighted by atomic mass is 16.5. The maximum absolute atomic E-state index is 13.9. The van der Waals surface area contributed by atoms with Crippen LogP contribution in [0.2, 0.25) is 0 Å². The van der Waals surface area contributed by atoms with E-state index in [0.717, 1.165) is 41.9 Å². The molecule has 8 nitrogen and oxygen atoms in total. The first-order chi connectivity index (χ1) is 19.0. The summed E-state index contributed by atoms with van der Waals surface area (Å²) in [6.07, 6.45) is 7.50. The molecule has 2 saturated heterocycles. The lowest BCUT2D eigenvalue weighted by atomic mass is 9.85. The van der Waals surface area contributed by atoms with Crippen molar-refractivity contribution < 1.29 is 23.5 Å². The Hall–Kier alpha value is -3.62. The summed E-state index contributed by atoms with van der Waals surface area (Å²) in [5, 5.41) is 1.17. The van der Waals surface area contributed by atoms with Crippen molar-refractivity contribution in [1.29, 1.82) is 0 Å². The molecule has 0 atom stereocenters. The molecule has 3 amide bonds. The number of hydrogen-bond acceptors (Lipinski definition) is 6. The van der Waals surface area contributed by atoms with E-state index in [1.54, 1.807) is 19.1 Å². The van der Waals surface area contributed by atoms with Crippen LogP contribution in [0.3, 0.4) is 0 Å². The molecule has 2 aromatic carbocycles. The third-order valence-corrected chi connectivity index (χ3v) is 8.43. The Morgan fingerprint density at radius 3 is 2.64 bits per heavy atom. The van der Waals surface area contributed by atoms with Crippen molar-refractivity contribution in [2.75, 3.05) is 40.5 Å². The zero-order valence-corrected chi connectivity index (χ0v) is 22.7. The van der Waals surface area contributed by atoms with Gasteiger partial charge in [0.05, 0.1) is 20.3 Å². The summed E-state index contributed by atoms with van der Waals surface area (Å²) in [7, 11) is 3.23. The molecule has 0 bridgehead atoms. The van der Waals surface area contributed by atoms with Gasteiger partial charge >= 0.3 is 6.03 Å². The number of piperidine rings is 1. The second-order valence-corrected chi connectivity index (χ2v) is 10.7. The summed E-state index contributed by atoms with van der Waals surface area (Å²) in [5.74, 6) is 1.66. The van der Waals surface area contributed by atoms with Gasteiger partial charge in [-0.2, -0.15) is 0 Å². The zero-order chi connectivity index (χ0) is 27.0. The molecular weight excluding hydrogens is 494 g/mol. The first-order valence-corrected chi connectivity index (χ1v) is 13.7. The van der Waals surface area contributed by atoms with Crippen LogP contribution < -0.4 is 4.74 Å². The number of carbonyl (C=O) groups excluding carboxylic acids is 2. The van der Waals surface area contributed by atoms with Gasteiger partial charge in [-0.05, 0) is 37.0 Å². The summed E-state index contributed by atoms with van der Waals surface area (Å²) in [6.45, 7) is 3.18.